The zero-order valence-corrected chi connectivity index (χ0v) is 21.8. The van der Waals surface area contributed by atoms with Gasteiger partial charge in [0.15, 0.2) is 5.11 Å². The van der Waals surface area contributed by atoms with Crippen molar-refractivity contribution in [2.45, 2.75) is 6.92 Å². The Labute approximate surface area is 221 Å². The van der Waals surface area contributed by atoms with Crippen LogP contribution in [0.4, 0.5) is 11.4 Å². The van der Waals surface area contributed by atoms with Crippen LogP contribution in [0.25, 0.3) is 10.8 Å². The van der Waals surface area contributed by atoms with Crippen molar-refractivity contribution in [3.8, 4) is 0 Å². The second-order valence-corrected chi connectivity index (χ2v) is 9.30. The Kier molecular flexibility index (Phi) is 7.80. The standard InChI is InChI=1S/C25H23BrN4O5S/c1-2-35-24(32)16-9-10-21(22(15-16)30(33)34)28-11-13-29(14-12-28)25(36)27-23(31)19-7-3-6-18-17(19)5-4-8-20(18)26/h3-10,15H,2,11-14H2,1H3,(H,27,31,36). The first-order valence-electron chi connectivity index (χ1n) is 11.3. The summed E-state index contributed by atoms with van der Waals surface area (Å²) < 4.78 is 5.85. The predicted octanol–water partition coefficient (Wildman–Crippen LogP) is 4.52. The molecule has 1 saturated heterocycles. The molecule has 1 amide bonds. The monoisotopic (exact) mass is 570 g/mol. The number of piperazine rings is 1. The molecule has 1 heterocycles. The number of esters is 1. The van der Waals surface area contributed by atoms with Gasteiger partial charge in [-0.05, 0) is 54.2 Å². The molecule has 3 aromatic carbocycles. The molecule has 9 nitrogen and oxygen atoms in total. The Morgan fingerprint density at radius 1 is 1.08 bits per heavy atom. The number of carbonyl (C=O) groups excluding carboxylic acids is 2. The zero-order chi connectivity index (χ0) is 25.8. The third-order valence-corrected chi connectivity index (χ3v) is 6.98. The number of hydrogen-bond donors (Lipinski definition) is 1. The minimum Gasteiger partial charge on any atom is -0.462 e. The van der Waals surface area contributed by atoms with E-state index in [9.17, 15) is 19.7 Å². The molecule has 0 unspecified atom stereocenters. The summed E-state index contributed by atoms with van der Waals surface area (Å²) in [6.07, 6.45) is 0. The topological polar surface area (TPSA) is 105 Å². The van der Waals surface area contributed by atoms with Gasteiger partial charge in [-0.2, -0.15) is 0 Å². The molecule has 1 aliphatic rings. The number of anilines is 1. The number of benzene rings is 3. The first-order valence-corrected chi connectivity index (χ1v) is 12.5. The van der Waals surface area contributed by atoms with Gasteiger partial charge >= 0.3 is 5.97 Å². The molecule has 186 valence electrons. The summed E-state index contributed by atoms with van der Waals surface area (Å²) in [5.41, 5.74) is 0.915. The number of halogens is 1. The average Bonchev–Trinajstić information content (AvgIpc) is 2.88. The molecule has 4 rings (SSSR count). The third-order valence-electron chi connectivity index (χ3n) is 5.92. The van der Waals surface area contributed by atoms with E-state index < -0.39 is 10.9 Å². The molecular formula is C25H23BrN4O5S. The minimum atomic E-state index is -0.600. The van der Waals surface area contributed by atoms with Gasteiger partial charge in [0.1, 0.15) is 5.69 Å². The number of rotatable bonds is 5. The first-order chi connectivity index (χ1) is 17.3. The lowest BCUT2D eigenvalue weighted by molar-refractivity contribution is -0.384. The molecule has 0 aliphatic carbocycles. The fraction of sp³-hybridized carbons (Fsp3) is 0.240. The van der Waals surface area contributed by atoms with E-state index in [4.69, 9.17) is 17.0 Å². The second kappa shape index (κ2) is 11.0. The molecule has 0 aromatic heterocycles. The molecule has 1 aliphatic heterocycles. The van der Waals surface area contributed by atoms with E-state index >= 15 is 0 Å². The Hall–Kier alpha value is -3.57. The smallest absolute Gasteiger partial charge is 0.338 e. The van der Waals surface area contributed by atoms with E-state index in [2.05, 4.69) is 21.2 Å². The van der Waals surface area contributed by atoms with Gasteiger partial charge in [0, 0.05) is 42.3 Å². The van der Waals surface area contributed by atoms with Crippen molar-refractivity contribution in [2.75, 3.05) is 37.7 Å². The summed E-state index contributed by atoms with van der Waals surface area (Å²) in [6.45, 7) is 3.71. The van der Waals surface area contributed by atoms with Gasteiger partial charge in [-0.1, -0.05) is 40.2 Å². The number of ether oxygens (including phenoxy) is 1. The number of thiocarbonyl (C=S) groups is 1. The van der Waals surface area contributed by atoms with Gasteiger partial charge in [0.2, 0.25) is 0 Å². The van der Waals surface area contributed by atoms with Crippen LogP contribution in [0.15, 0.2) is 59.1 Å². The van der Waals surface area contributed by atoms with Crippen LogP contribution in [0.1, 0.15) is 27.6 Å². The Bertz CT molecular complexity index is 1360. The van der Waals surface area contributed by atoms with Gasteiger partial charge < -0.3 is 14.5 Å². The molecule has 36 heavy (non-hydrogen) atoms. The highest BCUT2D eigenvalue weighted by atomic mass is 79.9. The summed E-state index contributed by atoms with van der Waals surface area (Å²) in [4.78, 5) is 39.9. The fourth-order valence-electron chi connectivity index (χ4n) is 4.14. The van der Waals surface area contributed by atoms with Crippen LogP contribution in [-0.4, -0.2) is 59.6 Å². The Morgan fingerprint density at radius 3 is 2.47 bits per heavy atom. The molecule has 0 bridgehead atoms. The largest absolute Gasteiger partial charge is 0.462 e. The van der Waals surface area contributed by atoms with E-state index in [1.165, 1.54) is 12.1 Å². The van der Waals surface area contributed by atoms with E-state index in [0.29, 0.717) is 42.5 Å². The van der Waals surface area contributed by atoms with Crippen molar-refractivity contribution in [1.29, 1.82) is 0 Å². The van der Waals surface area contributed by atoms with Gasteiger partial charge in [-0.3, -0.25) is 20.2 Å². The van der Waals surface area contributed by atoms with E-state index in [0.717, 1.165) is 15.2 Å². The summed E-state index contributed by atoms with van der Waals surface area (Å²) in [6, 6.07) is 15.5. The van der Waals surface area contributed by atoms with E-state index in [1.807, 2.05) is 40.1 Å². The molecule has 0 radical (unpaired) electrons. The van der Waals surface area contributed by atoms with E-state index in [1.54, 1.807) is 19.1 Å². The number of nitrogens with one attached hydrogen (secondary N) is 1. The average molecular weight is 571 g/mol. The van der Waals surface area contributed by atoms with Crippen molar-refractivity contribution in [3.05, 3.63) is 80.3 Å². The number of nitrogens with zero attached hydrogens (tertiary/aromatic N) is 3. The number of nitro benzene ring substituents is 1. The van der Waals surface area contributed by atoms with Gasteiger partial charge in [-0.25, -0.2) is 4.79 Å². The third kappa shape index (κ3) is 5.31. The number of fused-ring (bicyclic) bond motifs is 1. The molecule has 0 spiro atoms. The normalized spacial score (nSPS) is 13.4. The van der Waals surface area contributed by atoms with Crippen molar-refractivity contribution in [3.63, 3.8) is 0 Å². The maximum atomic E-state index is 13.0. The number of amides is 1. The van der Waals surface area contributed by atoms with Crippen molar-refractivity contribution in [2.24, 2.45) is 0 Å². The molecule has 0 saturated carbocycles. The Morgan fingerprint density at radius 2 is 1.78 bits per heavy atom. The summed E-state index contributed by atoms with van der Waals surface area (Å²) in [7, 11) is 0. The van der Waals surface area contributed by atoms with Crippen molar-refractivity contribution >= 4 is 67.3 Å². The van der Waals surface area contributed by atoms with Crippen molar-refractivity contribution in [1.82, 2.24) is 10.2 Å². The summed E-state index contributed by atoms with van der Waals surface area (Å²) >= 11 is 9.01. The van der Waals surface area contributed by atoms with Crippen LogP contribution >= 0.6 is 28.1 Å². The molecule has 3 aromatic rings. The maximum absolute atomic E-state index is 13.0. The summed E-state index contributed by atoms with van der Waals surface area (Å²) in [5.74, 6) is -0.895. The van der Waals surface area contributed by atoms with Crippen LogP contribution in [-0.2, 0) is 4.74 Å². The maximum Gasteiger partial charge on any atom is 0.338 e. The molecular weight excluding hydrogens is 548 g/mol. The number of nitro groups is 1. The van der Waals surface area contributed by atoms with Crippen molar-refractivity contribution < 1.29 is 19.2 Å². The van der Waals surface area contributed by atoms with Crippen LogP contribution in [0, 0.1) is 10.1 Å². The van der Waals surface area contributed by atoms with E-state index in [-0.39, 0.29) is 23.8 Å². The van der Waals surface area contributed by atoms with Crippen LogP contribution < -0.4 is 10.2 Å². The van der Waals surface area contributed by atoms with Gasteiger partial charge in [0.05, 0.1) is 17.1 Å². The number of carbonyl (C=O) groups is 2. The van der Waals surface area contributed by atoms with Gasteiger partial charge in [-0.15, -0.1) is 0 Å². The van der Waals surface area contributed by atoms with Gasteiger partial charge in [0.25, 0.3) is 11.6 Å². The zero-order valence-electron chi connectivity index (χ0n) is 19.4. The molecule has 1 N–H and O–H groups in total. The predicted molar refractivity (Wildman–Crippen MR) is 145 cm³/mol. The molecule has 1 fully saturated rings. The second-order valence-electron chi connectivity index (χ2n) is 8.05. The SMILES string of the molecule is CCOC(=O)c1ccc(N2CCN(C(=S)NC(=O)c3cccc4c(Br)cccc34)CC2)c([N+](=O)[O-])c1. The summed E-state index contributed by atoms with van der Waals surface area (Å²) in [5, 5.41) is 16.6. The van der Waals surface area contributed by atoms with Crippen LogP contribution in [0.2, 0.25) is 0 Å². The highest BCUT2D eigenvalue weighted by Crippen LogP contribution is 2.31. The minimum absolute atomic E-state index is 0.135. The Balaban J connectivity index is 1.43. The fourth-order valence-corrected chi connectivity index (χ4v) is 4.92. The van der Waals surface area contributed by atoms with Crippen LogP contribution in [0.3, 0.4) is 0 Å². The first kappa shape index (κ1) is 25.5. The lowest BCUT2D eigenvalue weighted by Gasteiger charge is -2.37. The highest BCUT2D eigenvalue weighted by Gasteiger charge is 2.27. The lowest BCUT2D eigenvalue weighted by Crippen LogP contribution is -2.52. The molecule has 0 atom stereocenters. The quantitative estimate of drug-likeness (QED) is 0.206. The van der Waals surface area contributed by atoms with Crippen LogP contribution in [0.5, 0.6) is 0 Å². The highest BCUT2D eigenvalue weighted by molar-refractivity contribution is 9.10. The molecule has 11 heteroatoms. The number of hydrogen-bond acceptors (Lipinski definition) is 7. The lowest BCUT2D eigenvalue weighted by atomic mass is 10.0.